The molecule has 0 radical (unpaired) electrons. The predicted octanol–water partition coefficient (Wildman–Crippen LogP) is 4.75. The number of nitrogens with zero attached hydrogens (tertiary/aromatic N) is 3. The average Bonchev–Trinajstić information content (AvgIpc) is 2.78. The van der Waals surface area contributed by atoms with E-state index in [1.54, 1.807) is 0 Å². The fraction of sp³-hybridized carbons (Fsp3) is 0.423. The van der Waals surface area contributed by atoms with Crippen molar-refractivity contribution in [1.82, 2.24) is 20.2 Å². The van der Waals surface area contributed by atoms with Crippen molar-refractivity contribution in [3.8, 4) is 0 Å². The molecule has 0 unspecified atom stereocenters. The molecule has 0 bridgehead atoms. The number of likely N-dealkylation sites (tertiary alicyclic amines) is 1. The first-order valence-electron chi connectivity index (χ1n) is 11.2. The minimum atomic E-state index is -0.433. The molecule has 0 spiro atoms. The molecule has 0 aliphatic carbocycles. The molecule has 5 nitrogen and oxygen atoms in total. The summed E-state index contributed by atoms with van der Waals surface area (Å²) in [6.45, 7) is 8.76. The molecule has 1 N–H and O–H groups in total. The van der Waals surface area contributed by atoms with Crippen molar-refractivity contribution in [2.45, 2.75) is 46.2 Å². The van der Waals surface area contributed by atoms with Gasteiger partial charge in [-0.05, 0) is 55.1 Å². The molecule has 1 fully saturated rings. The summed E-state index contributed by atoms with van der Waals surface area (Å²) in [5, 5.41) is 4.54. The van der Waals surface area contributed by atoms with Crippen LogP contribution in [0.15, 0.2) is 60.9 Å². The van der Waals surface area contributed by atoms with Gasteiger partial charge in [-0.3, -0.25) is 19.7 Å². The number of carbonyl (C=O) groups is 1. The van der Waals surface area contributed by atoms with Crippen molar-refractivity contribution in [2.75, 3.05) is 13.1 Å². The van der Waals surface area contributed by atoms with Gasteiger partial charge in [0, 0.05) is 36.3 Å². The van der Waals surface area contributed by atoms with Crippen LogP contribution in [-0.4, -0.2) is 33.9 Å². The van der Waals surface area contributed by atoms with Crippen LogP contribution in [0.1, 0.15) is 50.9 Å². The normalized spacial score (nSPS) is 18.6. The molecule has 1 saturated heterocycles. The first-order valence-corrected chi connectivity index (χ1v) is 11.2. The van der Waals surface area contributed by atoms with Gasteiger partial charge in [0.2, 0.25) is 5.91 Å². The summed E-state index contributed by atoms with van der Waals surface area (Å²) in [5.41, 5.74) is 2.86. The standard InChI is InChI=1S/C26H32N4O/c1-26(2,3)25(31)29-24(23-12-4-5-14-28-23)20-10-8-16-30(18-20)17-19-9-6-13-22-21(19)11-7-15-27-22/h4-7,9,11-15,20,24H,8,10,16-18H2,1-3H3,(H,29,31)/t20-,24-/m0/s1. The van der Waals surface area contributed by atoms with Crippen molar-refractivity contribution >= 4 is 16.8 Å². The minimum Gasteiger partial charge on any atom is -0.347 e. The lowest BCUT2D eigenvalue weighted by molar-refractivity contribution is -0.130. The molecule has 1 aromatic carbocycles. The van der Waals surface area contributed by atoms with Crippen LogP contribution in [0.25, 0.3) is 10.9 Å². The monoisotopic (exact) mass is 416 g/mol. The van der Waals surface area contributed by atoms with E-state index in [2.05, 4.69) is 44.5 Å². The van der Waals surface area contributed by atoms with Gasteiger partial charge < -0.3 is 5.32 Å². The van der Waals surface area contributed by atoms with E-state index in [0.717, 1.165) is 43.7 Å². The molecule has 1 aliphatic heterocycles. The van der Waals surface area contributed by atoms with E-state index in [0.29, 0.717) is 5.92 Å². The highest BCUT2D eigenvalue weighted by Crippen LogP contribution is 2.31. The van der Waals surface area contributed by atoms with Crippen LogP contribution >= 0.6 is 0 Å². The second-order valence-corrected chi connectivity index (χ2v) is 9.58. The summed E-state index contributed by atoms with van der Waals surface area (Å²) < 4.78 is 0. The van der Waals surface area contributed by atoms with Gasteiger partial charge in [-0.1, -0.05) is 45.0 Å². The van der Waals surface area contributed by atoms with Gasteiger partial charge in [-0.2, -0.15) is 0 Å². The highest BCUT2D eigenvalue weighted by molar-refractivity contribution is 5.82. The Balaban J connectivity index is 1.55. The number of hydrogen-bond donors (Lipinski definition) is 1. The SMILES string of the molecule is CC(C)(C)C(=O)N[C@H](c1ccccn1)[C@H]1CCCN(Cc2cccc3ncccc23)C1. The van der Waals surface area contributed by atoms with Gasteiger partial charge in [-0.15, -0.1) is 0 Å². The van der Waals surface area contributed by atoms with E-state index in [9.17, 15) is 4.79 Å². The van der Waals surface area contributed by atoms with E-state index in [4.69, 9.17) is 0 Å². The van der Waals surface area contributed by atoms with E-state index < -0.39 is 5.41 Å². The third kappa shape index (κ3) is 5.10. The second kappa shape index (κ2) is 9.15. The number of rotatable bonds is 5. The van der Waals surface area contributed by atoms with Gasteiger partial charge in [0.25, 0.3) is 0 Å². The lowest BCUT2D eigenvalue weighted by Gasteiger charge is -2.38. The molecule has 31 heavy (non-hydrogen) atoms. The summed E-state index contributed by atoms with van der Waals surface area (Å²) in [6, 6.07) is 16.4. The van der Waals surface area contributed by atoms with Crippen LogP contribution in [0, 0.1) is 11.3 Å². The zero-order valence-electron chi connectivity index (χ0n) is 18.7. The number of hydrogen-bond acceptors (Lipinski definition) is 4. The molecule has 162 valence electrons. The van der Waals surface area contributed by atoms with Crippen LogP contribution < -0.4 is 5.32 Å². The van der Waals surface area contributed by atoms with Gasteiger partial charge in [0.1, 0.15) is 0 Å². The van der Waals surface area contributed by atoms with Crippen LogP contribution in [0.3, 0.4) is 0 Å². The maximum Gasteiger partial charge on any atom is 0.225 e. The van der Waals surface area contributed by atoms with Crippen molar-refractivity contribution in [1.29, 1.82) is 0 Å². The molecule has 3 heterocycles. The van der Waals surface area contributed by atoms with Crippen LogP contribution in [0.4, 0.5) is 0 Å². The van der Waals surface area contributed by atoms with E-state index in [1.807, 2.05) is 57.4 Å². The Bertz CT molecular complexity index is 1020. The fourth-order valence-electron chi connectivity index (χ4n) is 4.40. The van der Waals surface area contributed by atoms with Gasteiger partial charge in [0.05, 0.1) is 17.3 Å². The Kier molecular flexibility index (Phi) is 6.33. The second-order valence-electron chi connectivity index (χ2n) is 9.58. The van der Waals surface area contributed by atoms with Gasteiger partial charge in [0.15, 0.2) is 0 Å². The molecule has 4 rings (SSSR count). The summed E-state index contributed by atoms with van der Waals surface area (Å²) in [4.78, 5) is 24.5. The highest BCUT2D eigenvalue weighted by atomic mass is 16.2. The Hall–Kier alpha value is -2.79. The Morgan fingerprint density at radius 1 is 1.10 bits per heavy atom. The van der Waals surface area contributed by atoms with E-state index in [1.165, 1.54) is 10.9 Å². The van der Waals surface area contributed by atoms with Crippen LogP contribution in [0.5, 0.6) is 0 Å². The lowest BCUT2D eigenvalue weighted by atomic mass is 9.86. The van der Waals surface area contributed by atoms with Crippen molar-refractivity contribution in [2.24, 2.45) is 11.3 Å². The summed E-state index contributed by atoms with van der Waals surface area (Å²) >= 11 is 0. The smallest absolute Gasteiger partial charge is 0.225 e. The number of fused-ring (bicyclic) bond motifs is 1. The number of aromatic nitrogens is 2. The third-order valence-electron chi connectivity index (χ3n) is 6.12. The van der Waals surface area contributed by atoms with Crippen molar-refractivity contribution < 1.29 is 4.79 Å². The maximum atomic E-state index is 12.9. The molecule has 2 atom stereocenters. The number of amides is 1. The molecule has 1 amide bonds. The van der Waals surface area contributed by atoms with Crippen LogP contribution in [0.2, 0.25) is 0 Å². The van der Waals surface area contributed by atoms with Crippen LogP contribution in [-0.2, 0) is 11.3 Å². The first-order chi connectivity index (χ1) is 14.9. The van der Waals surface area contributed by atoms with Crippen molar-refractivity contribution in [3.05, 3.63) is 72.2 Å². The Morgan fingerprint density at radius 3 is 2.71 bits per heavy atom. The first kappa shape index (κ1) is 21.4. The zero-order chi connectivity index (χ0) is 21.8. The number of piperidine rings is 1. The highest BCUT2D eigenvalue weighted by Gasteiger charge is 2.33. The molecule has 1 aliphatic rings. The third-order valence-corrected chi connectivity index (χ3v) is 6.12. The molecule has 5 heteroatoms. The van der Waals surface area contributed by atoms with E-state index in [-0.39, 0.29) is 11.9 Å². The molecule has 2 aromatic heterocycles. The number of pyridine rings is 2. The molecular weight excluding hydrogens is 384 g/mol. The summed E-state index contributed by atoms with van der Waals surface area (Å²) in [7, 11) is 0. The zero-order valence-corrected chi connectivity index (χ0v) is 18.7. The number of nitrogens with one attached hydrogen (secondary N) is 1. The van der Waals surface area contributed by atoms with E-state index >= 15 is 0 Å². The number of benzene rings is 1. The summed E-state index contributed by atoms with van der Waals surface area (Å²) in [6.07, 6.45) is 5.86. The molecular formula is C26H32N4O. The molecule has 3 aromatic rings. The molecule has 0 saturated carbocycles. The Labute approximate surface area is 184 Å². The summed E-state index contributed by atoms with van der Waals surface area (Å²) in [5.74, 6) is 0.392. The average molecular weight is 417 g/mol. The van der Waals surface area contributed by atoms with Crippen molar-refractivity contribution in [3.63, 3.8) is 0 Å². The quantitative estimate of drug-likeness (QED) is 0.652. The topological polar surface area (TPSA) is 58.1 Å². The predicted molar refractivity (Wildman–Crippen MR) is 124 cm³/mol. The largest absolute Gasteiger partial charge is 0.347 e. The van der Waals surface area contributed by atoms with Gasteiger partial charge >= 0.3 is 0 Å². The van der Waals surface area contributed by atoms with Gasteiger partial charge in [-0.25, -0.2) is 0 Å². The fourth-order valence-corrected chi connectivity index (χ4v) is 4.40. The lowest BCUT2D eigenvalue weighted by Crippen LogP contribution is -2.45. The maximum absolute atomic E-state index is 12.9. The number of carbonyl (C=O) groups excluding carboxylic acids is 1. The minimum absolute atomic E-state index is 0.0698. The Morgan fingerprint density at radius 2 is 1.94 bits per heavy atom.